The van der Waals surface area contributed by atoms with Crippen molar-refractivity contribution in [1.29, 1.82) is 0 Å². The topological polar surface area (TPSA) is 32.5 Å². The smallest absolute Gasteiger partial charge is 0.130 e. The molecule has 3 nitrogen and oxygen atoms in total. The van der Waals surface area contributed by atoms with Crippen molar-refractivity contribution in [2.45, 2.75) is 25.9 Å². The molecule has 2 N–H and O–H groups in total. The van der Waals surface area contributed by atoms with Gasteiger partial charge in [-0.05, 0) is 33.0 Å². The monoisotopic (exact) mass is 251 g/mol. The Bertz CT molecular complexity index is 420. The maximum absolute atomic E-state index is 13.9. The normalized spacial score (nSPS) is 23.2. The van der Waals surface area contributed by atoms with Crippen LogP contribution in [-0.2, 0) is 0 Å². The van der Waals surface area contributed by atoms with Crippen molar-refractivity contribution in [3.63, 3.8) is 0 Å². The fourth-order valence-electron chi connectivity index (χ4n) is 2.72. The highest BCUT2D eigenvalue weighted by Crippen LogP contribution is 2.30. The third-order valence-electron chi connectivity index (χ3n) is 3.63. The van der Waals surface area contributed by atoms with E-state index in [1.165, 1.54) is 6.07 Å². The number of benzene rings is 1. The van der Waals surface area contributed by atoms with E-state index in [2.05, 4.69) is 23.8 Å². The molecule has 1 fully saturated rings. The lowest BCUT2D eigenvalue weighted by atomic mass is 10.0. The first-order valence-electron chi connectivity index (χ1n) is 6.50. The molecule has 1 aromatic carbocycles. The molecule has 1 aromatic rings. The molecule has 0 aliphatic carbocycles. The molecule has 18 heavy (non-hydrogen) atoms. The zero-order valence-corrected chi connectivity index (χ0v) is 11.4. The zero-order chi connectivity index (χ0) is 13.3. The molecule has 1 saturated heterocycles. The quantitative estimate of drug-likeness (QED) is 0.872. The Morgan fingerprint density at radius 1 is 1.39 bits per heavy atom. The summed E-state index contributed by atoms with van der Waals surface area (Å²) >= 11 is 0. The van der Waals surface area contributed by atoms with Gasteiger partial charge in [0, 0.05) is 43.0 Å². The van der Waals surface area contributed by atoms with Gasteiger partial charge in [-0.1, -0.05) is 6.07 Å². The third-order valence-corrected chi connectivity index (χ3v) is 3.63. The summed E-state index contributed by atoms with van der Waals surface area (Å²) in [5, 5.41) is 0. The van der Waals surface area contributed by atoms with Crippen molar-refractivity contribution in [3.8, 4) is 0 Å². The molecule has 4 heteroatoms. The van der Waals surface area contributed by atoms with Crippen LogP contribution in [0.3, 0.4) is 0 Å². The van der Waals surface area contributed by atoms with Gasteiger partial charge in [-0.15, -0.1) is 0 Å². The number of rotatable bonds is 2. The Balaban J connectivity index is 2.36. The second-order valence-corrected chi connectivity index (χ2v) is 5.27. The van der Waals surface area contributed by atoms with Crippen molar-refractivity contribution in [2.75, 3.05) is 31.6 Å². The second kappa shape index (κ2) is 5.24. The summed E-state index contributed by atoms with van der Waals surface area (Å²) in [4.78, 5) is 4.56. The summed E-state index contributed by atoms with van der Waals surface area (Å²) in [5.74, 6) is -0.200. The van der Waals surface area contributed by atoms with Gasteiger partial charge >= 0.3 is 0 Å². The van der Waals surface area contributed by atoms with Gasteiger partial charge in [0.2, 0.25) is 0 Å². The SMILES string of the molecule is CC(N)c1c(F)cccc1N1CCN(C)CC1C. The standard InChI is InChI=1S/C14H22FN3/c1-10-9-17(3)7-8-18(10)13-6-4-5-12(15)14(13)11(2)16/h4-6,10-11H,7-9,16H2,1-3H3. The van der Waals surface area contributed by atoms with Gasteiger partial charge in [-0.2, -0.15) is 0 Å². The molecule has 0 saturated carbocycles. The van der Waals surface area contributed by atoms with E-state index in [0.717, 1.165) is 25.3 Å². The average molecular weight is 251 g/mol. The fourth-order valence-corrected chi connectivity index (χ4v) is 2.72. The second-order valence-electron chi connectivity index (χ2n) is 5.27. The number of nitrogens with two attached hydrogens (primary N) is 1. The molecule has 1 heterocycles. The van der Waals surface area contributed by atoms with Gasteiger partial charge in [-0.25, -0.2) is 4.39 Å². The molecule has 0 radical (unpaired) electrons. The first kappa shape index (κ1) is 13.3. The molecule has 1 aliphatic heterocycles. The van der Waals surface area contributed by atoms with Crippen LogP contribution >= 0.6 is 0 Å². The van der Waals surface area contributed by atoms with Crippen LogP contribution in [0, 0.1) is 5.82 Å². The number of hydrogen-bond acceptors (Lipinski definition) is 3. The minimum absolute atomic E-state index is 0.200. The molecular weight excluding hydrogens is 229 g/mol. The zero-order valence-electron chi connectivity index (χ0n) is 11.4. The largest absolute Gasteiger partial charge is 0.366 e. The summed E-state index contributed by atoms with van der Waals surface area (Å²) in [6, 6.07) is 5.32. The van der Waals surface area contributed by atoms with E-state index in [4.69, 9.17) is 5.73 Å². The number of hydrogen-bond donors (Lipinski definition) is 1. The van der Waals surface area contributed by atoms with Crippen LogP contribution in [0.15, 0.2) is 18.2 Å². The molecule has 2 atom stereocenters. The predicted molar refractivity (Wildman–Crippen MR) is 73.3 cm³/mol. The van der Waals surface area contributed by atoms with Gasteiger partial charge in [0.05, 0.1) is 0 Å². The summed E-state index contributed by atoms with van der Waals surface area (Å²) in [5.41, 5.74) is 7.50. The lowest BCUT2D eigenvalue weighted by Gasteiger charge is -2.41. The van der Waals surface area contributed by atoms with E-state index in [1.54, 1.807) is 6.07 Å². The molecule has 2 rings (SSSR count). The summed E-state index contributed by atoms with van der Waals surface area (Å²) < 4.78 is 13.9. The van der Waals surface area contributed by atoms with Gasteiger partial charge < -0.3 is 15.5 Å². The molecule has 0 bridgehead atoms. The van der Waals surface area contributed by atoms with Crippen LogP contribution in [0.5, 0.6) is 0 Å². The van der Waals surface area contributed by atoms with Crippen LogP contribution in [0.2, 0.25) is 0 Å². The van der Waals surface area contributed by atoms with Gasteiger partial charge in [0.25, 0.3) is 0 Å². The summed E-state index contributed by atoms with van der Waals surface area (Å²) in [7, 11) is 2.12. The first-order valence-corrected chi connectivity index (χ1v) is 6.50. The van der Waals surface area contributed by atoms with Crippen molar-refractivity contribution in [2.24, 2.45) is 5.73 Å². The van der Waals surface area contributed by atoms with Gasteiger partial charge in [0.1, 0.15) is 5.82 Å². The molecule has 2 unspecified atom stereocenters. The summed E-state index contributed by atoms with van der Waals surface area (Å²) in [6.07, 6.45) is 0. The Morgan fingerprint density at radius 3 is 2.72 bits per heavy atom. The van der Waals surface area contributed by atoms with Crippen molar-refractivity contribution < 1.29 is 4.39 Å². The Morgan fingerprint density at radius 2 is 2.11 bits per heavy atom. The highest BCUT2D eigenvalue weighted by Gasteiger charge is 2.25. The predicted octanol–water partition coefficient (Wildman–Crippen LogP) is 1.99. The Hall–Kier alpha value is -1.13. The maximum atomic E-state index is 13.9. The van der Waals surface area contributed by atoms with E-state index in [1.807, 2.05) is 13.0 Å². The lowest BCUT2D eigenvalue weighted by Crippen LogP contribution is -2.51. The average Bonchev–Trinajstić information content (AvgIpc) is 2.28. The molecule has 0 aromatic heterocycles. The Kier molecular flexibility index (Phi) is 3.88. The molecule has 0 amide bonds. The first-order chi connectivity index (χ1) is 8.50. The minimum atomic E-state index is -0.284. The molecule has 0 spiro atoms. The van der Waals surface area contributed by atoms with Gasteiger partial charge in [-0.3, -0.25) is 0 Å². The van der Waals surface area contributed by atoms with Crippen LogP contribution in [0.4, 0.5) is 10.1 Å². The van der Waals surface area contributed by atoms with E-state index in [0.29, 0.717) is 11.6 Å². The van der Waals surface area contributed by atoms with Crippen LogP contribution < -0.4 is 10.6 Å². The Labute approximate surface area is 108 Å². The highest BCUT2D eigenvalue weighted by atomic mass is 19.1. The summed E-state index contributed by atoms with van der Waals surface area (Å²) in [6.45, 7) is 6.92. The van der Waals surface area contributed by atoms with E-state index in [-0.39, 0.29) is 11.9 Å². The van der Waals surface area contributed by atoms with Gasteiger partial charge in [0.15, 0.2) is 0 Å². The lowest BCUT2D eigenvalue weighted by molar-refractivity contribution is 0.275. The van der Waals surface area contributed by atoms with Crippen molar-refractivity contribution in [1.82, 2.24) is 4.90 Å². The van der Waals surface area contributed by atoms with E-state index >= 15 is 0 Å². The number of likely N-dealkylation sites (N-methyl/N-ethyl adjacent to an activating group) is 1. The maximum Gasteiger partial charge on any atom is 0.130 e. The minimum Gasteiger partial charge on any atom is -0.366 e. The fraction of sp³-hybridized carbons (Fsp3) is 0.571. The van der Waals surface area contributed by atoms with Crippen LogP contribution in [-0.4, -0.2) is 37.6 Å². The molecule has 100 valence electrons. The van der Waals surface area contributed by atoms with E-state index in [9.17, 15) is 4.39 Å². The molecule has 1 aliphatic rings. The van der Waals surface area contributed by atoms with Crippen LogP contribution in [0.25, 0.3) is 0 Å². The number of anilines is 1. The van der Waals surface area contributed by atoms with Crippen LogP contribution in [0.1, 0.15) is 25.5 Å². The number of piperazine rings is 1. The highest BCUT2D eigenvalue weighted by molar-refractivity contribution is 5.56. The third kappa shape index (κ3) is 2.49. The number of halogens is 1. The van der Waals surface area contributed by atoms with Crippen molar-refractivity contribution in [3.05, 3.63) is 29.6 Å². The number of nitrogens with zero attached hydrogens (tertiary/aromatic N) is 2. The van der Waals surface area contributed by atoms with E-state index < -0.39 is 0 Å². The van der Waals surface area contributed by atoms with Crippen molar-refractivity contribution >= 4 is 5.69 Å². The molecular formula is C14H22FN3.